The zero-order valence-electron chi connectivity index (χ0n) is 7.70. The van der Waals surface area contributed by atoms with Crippen molar-refractivity contribution in [1.29, 1.82) is 0 Å². The largest absolute Gasteiger partial charge is 0.382 e. The average molecular weight is 166 g/mol. The maximum absolute atomic E-state index is 9.63. The van der Waals surface area contributed by atoms with E-state index in [1.54, 1.807) is 11.6 Å². The Morgan fingerprint density at radius 3 is 2.67 bits per heavy atom. The second kappa shape index (κ2) is 3.11. The van der Waals surface area contributed by atoms with Gasteiger partial charge in [0.05, 0.1) is 11.4 Å². The molecule has 0 aliphatic rings. The van der Waals surface area contributed by atoms with Crippen molar-refractivity contribution in [2.45, 2.75) is 20.0 Å². The number of aromatic nitrogens is 2. The number of rotatable bonds is 2. The molecular weight excluding hydrogens is 152 g/mol. The minimum atomic E-state index is -0.601. The third-order valence-corrected chi connectivity index (χ3v) is 1.79. The van der Waals surface area contributed by atoms with Crippen LogP contribution in [-0.2, 0) is 7.05 Å². The summed E-state index contributed by atoms with van der Waals surface area (Å²) in [6, 6.07) is 1.86. The first-order valence-electron chi connectivity index (χ1n) is 3.86. The average Bonchev–Trinajstić information content (AvgIpc) is 2.28. The van der Waals surface area contributed by atoms with E-state index >= 15 is 0 Å². The van der Waals surface area contributed by atoms with Crippen LogP contribution in [0.25, 0.3) is 0 Å². The molecule has 1 aromatic heterocycles. The standard InChI is InChI=1S/C9H14N2O/c1-6(2)9(12)8-5-7(3)10-11(8)4/h5,9,12H,1H2,2-4H3. The summed E-state index contributed by atoms with van der Waals surface area (Å²) in [5, 5.41) is 13.8. The first-order valence-corrected chi connectivity index (χ1v) is 3.86. The van der Waals surface area contributed by atoms with Crippen LogP contribution in [0.15, 0.2) is 18.2 Å². The van der Waals surface area contributed by atoms with Crippen molar-refractivity contribution in [2.75, 3.05) is 0 Å². The van der Waals surface area contributed by atoms with Gasteiger partial charge in [-0.25, -0.2) is 0 Å². The predicted octanol–water partition coefficient (Wildman–Crippen LogP) is 1.34. The summed E-state index contributed by atoms with van der Waals surface area (Å²) in [5.41, 5.74) is 2.44. The third kappa shape index (κ3) is 1.56. The normalized spacial score (nSPS) is 13.0. The van der Waals surface area contributed by atoms with Crippen LogP contribution in [-0.4, -0.2) is 14.9 Å². The Labute approximate surface area is 72.3 Å². The predicted molar refractivity (Wildman–Crippen MR) is 47.7 cm³/mol. The fraction of sp³-hybridized carbons (Fsp3) is 0.444. The van der Waals surface area contributed by atoms with Crippen LogP contribution in [0.3, 0.4) is 0 Å². The minimum absolute atomic E-state index is 0.601. The molecule has 0 bridgehead atoms. The SMILES string of the molecule is C=C(C)C(O)c1cc(C)nn1C. The smallest absolute Gasteiger partial charge is 0.116 e. The fourth-order valence-electron chi connectivity index (χ4n) is 1.14. The van der Waals surface area contributed by atoms with Gasteiger partial charge in [0.15, 0.2) is 0 Å². The Bertz CT molecular complexity index is 301. The molecule has 12 heavy (non-hydrogen) atoms. The van der Waals surface area contributed by atoms with Gasteiger partial charge in [0, 0.05) is 7.05 Å². The van der Waals surface area contributed by atoms with E-state index in [9.17, 15) is 5.11 Å². The van der Waals surface area contributed by atoms with Gasteiger partial charge < -0.3 is 5.11 Å². The Morgan fingerprint density at radius 1 is 1.75 bits per heavy atom. The van der Waals surface area contributed by atoms with Crippen LogP contribution < -0.4 is 0 Å². The van der Waals surface area contributed by atoms with Gasteiger partial charge >= 0.3 is 0 Å². The highest BCUT2D eigenvalue weighted by Crippen LogP contribution is 2.19. The lowest BCUT2D eigenvalue weighted by Crippen LogP contribution is -2.05. The quantitative estimate of drug-likeness (QED) is 0.673. The summed E-state index contributed by atoms with van der Waals surface area (Å²) in [7, 11) is 1.81. The van der Waals surface area contributed by atoms with Crippen molar-refractivity contribution in [3.63, 3.8) is 0 Å². The second-order valence-electron chi connectivity index (χ2n) is 3.08. The summed E-state index contributed by atoms with van der Waals surface area (Å²) in [5.74, 6) is 0. The summed E-state index contributed by atoms with van der Waals surface area (Å²) in [6.45, 7) is 7.39. The molecule has 0 spiro atoms. The van der Waals surface area contributed by atoms with E-state index in [0.717, 1.165) is 17.0 Å². The molecule has 1 rings (SSSR count). The molecule has 66 valence electrons. The van der Waals surface area contributed by atoms with E-state index in [0.29, 0.717) is 0 Å². The Kier molecular flexibility index (Phi) is 2.33. The lowest BCUT2D eigenvalue weighted by Gasteiger charge is -2.09. The van der Waals surface area contributed by atoms with Gasteiger partial charge in [-0.05, 0) is 25.5 Å². The number of aliphatic hydroxyl groups excluding tert-OH is 1. The highest BCUT2D eigenvalue weighted by atomic mass is 16.3. The molecule has 0 saturated carbocycles. The van der Waals surface area contributed by atoms with Crippen LogP contribution in [0.1, 0.15) is 24.4 Å². The molecule has 1 atom stereocenters. The molecule has 1 unspecified atom stereocenters. The molecule has 0 fully saturated rings. The van der Waals surface area contributed by atoms with Gasteiger partial charge in [-0.2, -0.15) is 5.10 Å². The second-order valence-corrected chi connectivity index (χ2v) is 3.08. The highest BCUT2D eigenvalue weighted by Gasteiger charge is 2.12. The van der Waals surface area contributed by atoms with Crippen molar-refractivity contribution >= 4 is 0 Å². The van der Waals surface area contributed by atoms with Gasteiger partial charge in [-0.1, -0.05) is 6.58 Å². The van der Waals surface area contributed by atoms with Gasteiger partial charge in [0.25, 0.3) is 0 Å². The summed E-state index contributed by atoms with van der Waals surface area (Å²) in [4.78, 5) is 0. The Morgan fingerprint density at radius 2 is 2.33 bits per heavy atom. The lowest BCUT2D eigenvalue weighted by molar-refractivity contribution is 0.206. The zero-order chi connectivity index (χ0) is 9.30. The first kappa shape index (κ1) is 9.00. The van der Waals surface area contributed by atoms with Crippen molar-refractivity contribution in [2.24, 2.45) is 7.05 Å². The van der Waals surface area contributed by atoms with Gasteiger partial charge in [-0.15, -0.1) is 0 Å². The van der Waals surface area contributed by atoms with Crippen LogP contribution in [0, 0.1) is 6.92 Å². The molecule has 0 amide bonds. The van der Waals surface area contributed by atoms with Gasteiger partial charge in [0.2, 0.25) is 0 Å². The number of nitrogens with zero attached hydrogens (tertiary/aromatic N) is 2. The summed E-state index contributed by atoms with van der Waals surface area (Å²) < 4.78 is 1.68. The van der Waals surface area contributed by atoms with Crippen LogP contribution in [0.4, 0.5) is 0 Å². The highest BCUT2D eigenvalue weighted by molar-refractivity contribution is 5.18. The topological polar surface area (TPSA) is 38.1 Å². The molecule has 0 aliphatic heterocycles. The van der Waals surface area contributed by atoms with E-state index in [2.05, 4.69) is 11.7 Å². The molecular formula is C9H14N2O. The molecule has 0 saturated heterocycles. The Balaban J connectivity index is 3.02. The van der Waals surface area contributed by atoms with E-state index in [4.69, 9.17) is 0 Å². The zero-order valence-corrected chi connectivity index (χ0v) is 7.70. The lowest BCUT2D eigenvalue weighted by atomic mass is 10.1. The molecule has 1 N–H and O–H groups in total. The maximum Gasteiger partial charge on any atom is 0.116 e. The third-order valence-electron chi connectivity index (χ3n) is 1.79. The maximum atomic E-state index is 9.63. The molecule has 3 heteroatoms. The van der Waals surface area contributed by atoms with Crippen molar-refractivity contribution in [3.8, 4) is 0 Å². The summed E-state index contributed by atoms with van der Waals surface area (Å²) in [6.07, 6.45) is -0.601. The van der Waals surface area contributed by atoms with E-state index in [1.165, 1.54) is 0 Å². The minimum Gasteiger partial charge on any atom is -0.382 e. The van der Waals surface area contributed by atoms with Gasteiger partial charge in [0.1, 0.15) is 6.10 Å². The number of aliphatic hydroxyl groups is 1. The van der Waals surface area contributed by atoms with Crippen molar-refractivity contribution in [3.05, 3.63) is 29.6 Å². The van der Waals surface area contributed by atoms with E-state index in [1.807, 2.05) is 20.0 Å². The van der Waals surface area contributed by atoms with Gasteiger partial charge in [-0.3, -0.25) is 4.68 Å². The number of hydrogen-bond acceptors (Lipinski definition) is 2. The van der Waals surface area contributed by atoms with Crippen molar-refractivity contribution < 1.29 is 5.11 Å². The monoisotopic (exact) mass is 166 g/mol. The molecule has 0 aromatic carbocycles. The van der Waals surface area contributed by atoms with E-state index in [-0.39, 0.29) is 0 Å². The molecule has 1 aromatic rings. The molecule has 1 heterocycles. The van der Waals surface area contributed by atoms with E-state index < -0.39 is 6.10 Å². The first-order chi connectivity index (χ1) is 5.52. The molecule has 0 aliphatic carbocycles. The Hall–Kier alpha value is -1.09. The fourth-order valence-corrected chi connectivity index (χ4v) is 1.14. The number of aryl methyl sites for hydroxylation is 2. The molecule has 3 nitrogen and oxygen atoms in total. The summed E-state index contributed by atoms with van der Waals surface area (Å²) >= 11 is 0. The molecule has 0 radical (unpaired) electrons. The van der Waals surface area contributed by atoms with Crippen LogP contribution in [0.2, 0.25) is 0 Å². The van der Waals surface area contributed by atoms with Crippen molar-refractivity contribution in [1.82, 2.24) is 9.78 Å². The van der Waals surface area contributed by atoms with Crippen LogP contribution in [0.5, 0.6) is 0 Å². The number of hydrogen-bond donors (Lipinski definition) is 1. The van der Waals surface area contributed by atoms with Crippen LogP contribution >= 0.6 is 0 Å².